The Balaban J connectivity index is 1.47. The maximum atomic E-state index is 12.6. The number of fused-ring (bicyclic) bond motifs is 1. The molecule has 2 aromatic carbocycles. The van der Waals surface area contributed by atoms with Crippen LogP contribution in [0.3, 0.4) is 0 Å². The zero-order valence-electron chi connectivity index (χ0n) is 17.6. The fourth-order valence-electron chi connectivity index (χ4n) is 4.25. The Morgan fingerprint density at radius 1 is 1.16 bits per heavy atom. The highest BCUT2D eigenvalue weighted by Crippen LogP contribution is 2.36. The first-order valence-corrected chi connectivity index (χ1v) is 10.3. The largest absolute Gasteiger partial charge is 0.497 e. The maximum Gasteiger partial charge on any atom is 0.237 e. The Bertz CT molecular complexity index is 1150. The summed E-state index contributed by atoms with van der Waals surface area (Å²) in [7, 11) is 1.61. The zero-order chi connectivity index (χ0) is 22.0. The molecule has 7 nitrogen and oxygen atoms in total. The van der Waals surface area contributed by atoms with Crippen molar-refractivity contribution >= 4 is 34.3 Å². The van der Waals surface area contributed by atoms with Crippen molar-refractivity contribution in [2.45, 2.75) is 38.0 Å². The minimum atomic E-state index is -0.709. The molecule has 2 heterocycles. The van der Waals surface area contributed by atoms with Gasteiger partial charge in [-0.25, -0.2) is 0 Å². The average Bonchev–Trinajstić information content (AvgIpc) is 3.16. The normalized spacial score (nSPS) is 18.6. The van der Waals surface area contributed by atoms with E-state index in [0.29, 0.717) is 24.9 Å². The minimum Gasteiger partial charge on any atom is -0.497 e. The van der Waals surface area contributed by atoms with Gasteiger partial charge >= 0.3 is 0 Å². The SMILES string of the molecule is CCC1(c2ccc(NC(=O)Cc3c[nH]c4ccc(OC)cc34)cc2)CCC(=O)NC1=O. The van der Waals surface area contributed by atoms with Gasteiger partial charge in [0.1, 0.15) is 5.75 Å². The van der Waals surface area contributed by atoms with E-state index in [1.165, 1.54) is 0 Å². The van der Waals surface area contributed by atoms with Crippen LogP contribution in [0.2, 0.25) is 0 Å². The standard InChI is InChI=1S/C24H25N3O4/c1-3-24(11-10-21(28)27-23(24)30)16-4-6-17(7-5-16)26-22(29)12-15-14-25-20-9-8-18(31-2)13-19(15)20/h4-9,13-14,25H,3,10-12H2,1-2H3,(H,26,29)(H,27,28,30). The van der Waals surface area contributed by atoms with Gasteiger partial charge in [0.2, 0.25) is 17.7 Å². The van der Waals surface area contributed by atoms with Crippen molar-refractivity contribution in [1.29, 1.82) is 0 Å². The van der Waals surface area contributed by atoms with E-state index in [1.54, 1.807) is 19.2 Å². The van der Waals surface area contributed by atoms with Crippen molar-refractivity contribution in [2.24, 2.45) is 0 Å². The van der Waals surface area contributed by atoms with Gasteiger partial charge in [0.05, 0.1) is 18.9 Å². The van der Waals surface area contributed by atoms with Crippen LogP contribution in [-0.4, -0.2) is 29.8 Å². The van der Waals surface area contributed by atoms with Crippen LogP contribution in [0.1, 0.15) is 37.3 Å². The number of piperidine rings is 1. The van der Waals surface area contributed by atoms with Crippen LogP contribution in [0.15, 0.2) is 48.7 Å². The lowest BCUT2D eigenvalue weighted by Crippen LogP contribution is -2.51. The van der Waals surface area contributed by atoms with Gasteiger partial charge in [-0.05, 0) is 54.3 Å². The summed E-state index contributed by atoms with van der Waals surface area (Å²) in [6.45, 7) is 1.95. The topological polar surface area (TPSA) is 100 Å². The number of nitrogens with one attached hydrogen (secondary N) is 3. The summed E-state index contributed by atoms with van der Waals surface area (Å²) in [6.07, 6.45) is 3.47. The van der Waals surface area contributed by atoms with E-state index in [0.717, 1.165) is 27.8 Å². The summed E-state index contributed by atoms with van der Waals surface area (Å²) in [6, 6.07) is 13.0. The van der Waals surface area contributed by atoms with Gasteiger partial charge in [0.15, 0.2) is 0 Å². The van der Waals surface area contributed by atoms with Crippen molar-refractivity contribution < 1.29 is 19.1 Å². The molecule has 0 saturated carbocycles. The molecular weight excluding hydrogens is 394 g/mol. The third kappa shape index (κ3) is 3.91. The second-order valence-corrected chi connectivity index (χ2v) is 7.84. The number of hydrogen-bond donors (Lipinski definition) is 3. The van der Waals surface area contributed by atoms with Crippen LogP contribution < -0.4 is 15.4 Å². The summed E-state index contributed by atoms with van der Waals surface area (Å²) >= 11 is 0. The number of anilines is 1. The summed E-state index contributed by atoms with van der Waals surface area (Å²) in [4.78, 5) is 39.9. The van der Waals surface area contributed by atoms with Crippen LogP contribution >= 0.6 is 0 Å². The van der Waals surface area contributed by atoms with E-state index < -0.39 is 5.41 Å². The minimum absolute atomic E-state index is 0.136. The van der Waals surface area contributed by atoms with Crippen LogP contribution in [0.25, 0.3) is 10.9 Å². The zero-order valence-corrected chi connectivity index (χ0v) is 17.6. The van der Waals surface area contributed by atoms with Gasteiger partial charge < -0.3 is 15.0 Å². The Morgan fingerprint density at radius 2 is 1.94 bits per heavy atom. The number of aromatic nitrogens is 1. The molecule has 31 heavy (non-hydrogen) atoms. The molecule has 1 aliphatic rings. The molecule has 1 fully saturated rings. The molecule has 3 amide bonds. The molecule has 0 radical (unpaired) electrons. The highest BCUT2D eigenvalue weighted by atomic mass is 16.5. The molecule has 1 atom stereocenters. The number of methoxy groups -OCH3 is 1. The number of H-pyrrole nitrogens is 1. The van der Waals surface area contributed by atoms with Gasteiger partial charge in [0, 0.05) is 29.2 Å². The van der Waals surface area contributed by atoms with Gasteiger partial charge in [-0.2, -0.15) is 0 Å². The predicted octanol–water partition coefficient (Wildman–Crippen LogP) is 3.44. The summed E-state index contributed by atoms with van der Waals surface area (Å²) < 4.78 is 5.28. The lowest BCUT2D eigenvalue weighted by Gasteiger charge is -2.35. The molecule has 4 rings (SSSR count). The molecule has 1 unspecified atom stereocenters. The van der Waals surface area contributed by atoms with E-state index in [2.05, 4.69) is 15.6 Å². The van der Waals surface area contributed by atoms with Crippen molar-refractivity contribution in [3.8, 4) is 5.75 Å². The van der Waals surface area contributed by atoms with Crippen LogP contribution in [-0.2, 0) is 26.2 Å². The van der Waals surface area contributed by atoms with E-state index in [4.69, 9.17) is 4.74 Å². The molecule has 0 aliphatic carbocycles. The number of aromatic amines is 1. The van der Waals surface area contributed by atoms with Crippen molar-refractivity contribution in [3.05, 3.63) is 59.8 Å². The Labute approximate surface area is 180 Å². The van der Waals surface area contributed by atoms with Crippen LogP contribution in [0, 0.1) is 0 Å². The smallest absolute Gasteiger partial charge is 0.237 e. The van der Waals surface area contributed by atoms with Gasteiger partial charge in [-0.3, -0.25) is 19.7 Å². The van der Waals surface area contributed by atoms with Crippen LogP contribution in [0.5, 0.6) is 5.75 Å². The van der Waals surface area contributed by atoms with E-state index in [9.17, 15) is 14.4 Å². The first-order valence-electron chi connectivity index (χ1n) is 10.3. The highest BCUT2D eigenvalue weighted by Gasteiger charge is 2.42. The summed E-state index contributed by atoms with van der Waals surface area (Å²) in [5.41, 5.74) is 2.63. The number of imide groups is 1. The average molecular weight is 419 g/mol. The quantitative estimate of drug-likeness (QED) is 0.533. The first kappa shape index (κ1) is 20.7. The first-order chi connectivity index (χ1) is 14.9. The van der Waals surface area contributed by atoms with Crippen LogP contribution in [0.4, 0.5) is 5.69 Å². The molecule has 0 bridgehead atoms. The molecule has 7 heteroatoms. The summed E-state index contributed by atoms with van der Waals surface area (Å²) in [5, 5.41) is 6.32. The molecule has 3 N–H and O–H groups in total. The Kier molecular flexibility index (Phi) is 5.50. The molecule has 3 aromatic rings. The molecular formula is C24H25N3O4. The third-order valence-electron chi connectivity index (χ3n) is 6.12. The van der Waals surface area contributed by atoms with Gasteiger partial charge in [0.25, 0.3) is 0 Å². The molecule has 1 aliphatic heterocycles. The summed E-state index contributed by atoms with van der Waals surface area (Å²) in [5.74, 6) is 0.121. The second-order valence-electron chi connectivity index (χ2n) is 7.84. The third-order valence-corrected chi connectivity index (χ3v) is 6.12. The molecule has 1 aromatic heterocycles. The Morgan fingerprint density at radius 3 is 2.61 bits per heavy atom. The number of carbonyl (C=O) groups excluding carboxylic acids is 3. The fourth-order valence-corrected chi connectivity index (χ4v) is 4.25. The second kappa shape index (κ2) is 8.26. The van der Waals surface area contributed by atoms with E-state index in [-0.39, 0.29) is 24.1 Å². The number of hydrogen-bond acceptors (Lipinski definition) is 4. The lowest BCUT2D eigenvalue weighted by molar-refractivity contribution is -0.138. The van der Waals surface area contributed by atoms with Gasteiger partial charge in [-0.1, -0.05) is 19.1 Å². The van der Waals surface area contributed by atoms with Crippen molar-refractivity contribution in [1.82, 2.24) is 10.3 Å². The lowest BCUT2D eigenvalue weighted by atomic mass is 9.72. The number of rotatable bonds is 6. The van der Waals surface area contributed by atoms with E-state index >= 15 is 0 Å². The molecule has 160 valence electrons. The maximum absolute atomic E-state index is 12.6. The number of benzene rings is 2. The molecule has 0 spiro atoms. The number of carbonyl (C=O) groups is 3. The van der Waals surface area contributed by atoms with Crippen molar-refractivity contribution in [3.63, 3.8) is 0 Å². The fraction of sp³-hybridized carbons (Fsp3) is 0.292. The number of ether oxygens (including phenoxy) is 1. The van der Waals surface area contributed by atoms with Gasteiger partial charge in [-0.15, -0.1) is 0 Å². The number of amides is 3. The highest BCUT2D eigenvalue weighted by molar-refractivity contribution is 6.03. The monoisotopic (exact) mass is 419 g/mol. The van der Waals surface area contributed by atoms with Crippen molar-refractivity contribution in [2.75, 3.05) is 12.4 Å². The predicted molar refractivity (Wildman–Crippen MR) is 118 cm³/mol. The van der Waals surface area contributed by atoms with E-state index in [1.807, 2.05) is 43.5 Å². The molecule has 1 saturated heterocycles. The Hall–Kier alpha value is -3.61.